The summed E-state index contributed by atoms with van der Waals surface area (Å²) in [7, 11) is 0. The monoisotopic (exact) mass is 406 g/mol. The maximum Gasteiger partial charge on any atom is 0.262 e. The van der Waals surface area contributed by atoms with Gasteiger partial charge in [0.2, 0.25) is 0 Å². The molecule has 1 N–H and O–H groups in total. The minimum atomic E-state index is -0.342. The van der Waals surface area contributed by atoms with Crippen molar-refractivity contribution in [3.8, 4) is 6.07 Å². The molecule has 150 valence electrons. The van der Waals surface area contributed by atoms with Crippen molar-refractivity contribution in [2.45, 2.75) is 49.0 Å². The number of hydrogen-bond donors (Lipinski definition) is 1. The molecule has 1 heterocycles. The van der Waals surface area contributed by atoms with Gasteiger partial charge in [0.1, 0.15) is 11.6 Å². The third-order valence-electron chi connectivity index (χ3n) is 4.83. The lowest BCUT2D eigenvalue weighted by Crippen LogP contribution is -2.34. The van der Waals surface area contributed by atoms with Crippen molar-refractivity contribution in [3.63, 3.8) is 0 Å². The lowest BCUT2D eigenvalue weighted by atomic mass is 9.92. The van der Waals surface area contributed by atoms with Gasteiger partial charge in [0.15, 0.2) is 0 Å². The highest BCUT2D eigenvalue weighted by atomic mass is 32.2. The Bertz CT molecular complexity index is 925. The summed E-state index contributed by atoms with van der Waals surface area (Å²) < 4.78 is 5.83. The molecule has 0 aliphatic carbocycles. The first-order valence-electron chi connectivity index (χ1n) is 9.90. The lowest BCUT2D eigenvalue weighted by Gasteiger charge is -2.25. The highest BCUT2D eigenvalue weighted by molar-refractivity contribution is 7.99. The van der Waals surface area contributed by atoms with E-state index in [2.05, 4.69) is 18.3 Å². The van der Waals surface area contributed by atoms with Gasteiger partial charge in [-0.3, -0.25) is 4.79 Å². The fraction of sp³-hybridized carbons (Fsp3) is 0.333. The van der Waals surface area contributed by atoms with E-state index in [-0.39, 0.29) is 17.1 Å². The molecule has 3 rings (SSSR count). The van der Waals surface area contributed by atoms with Crippen molar-refractivity contribution in [1.29, 1.82) is 5.26 Å². The molecule has 0 spiro atoms. The van der Waals surface area contributed by atoms with Crippen molar-refractivity contribution in [3.05, 3.63) is 65.2 Å². The number of nitrogens with one attached hydrogen (secondary N) is 1. The Labute approximate surface area is 177 Å². The molecule has 1 aliphatic rings. The largest absolute Gasteiger partial charge is 0.376 e. The molecule has 29 heavy (non-hydrogen) atoms. The SMILES string of the molecule is CCCOC(C)(C)CCNC(=O)C(C#N)=C1c2ccccc2Sc2ccccc21. The molecule has 0 saturated heterocycles. The van der Waals surface area contributed by atoms with Crippen LogP contribution in [0.15, 0.2) is 63.9 Å². The number of carbonyl (C=O) groups is 1. The van der Waals surface area contributed by atoms with E-state index in [1.165, 1.54) is 0 Å². The number of ether oxygens (including phenoxy) is 1. The normalized spacial score (nSPS) is 12.6. The minimum absolute atomic E-state index is 0.150. The Kier molecular flexibility index (Phi) is 6.79. The molecule has 1 amide bonds. The number of hydrogen-bond acceptors (Lipinski definition) is 4. The molecule has 0 fully saturated rings. The van der Waals surface area contributed by atoms with Crippen molar-refractivity contribution in [1.82, 2.24) is 5.32 Å². The predicted octanol–water partition coefficient (Wildman–Crippen LogP) is 5.19. The highest BCUT2D eigenvalue weighted by Crippen LogP contribution is 2.46. The molecule has 0 radical (unpaired) electrons. The summed E-state index contributed by atoms with van der Waals surface area (Å²) in [6.45, 7) is 7.25. The second kappa shape index (κ2) is 9.30. The van der Waals surface area contributed by atoms with Gasteiger partial charge >= 0.3 is 0 Å². The van der Waals surface area contributed by atoms with Crippen molar-refractivity contribution < 1.29 is 9.53 Å². The standard InChI is InChI=1S/C24H26N2O2S/c1-4-15-28-24(2,3)13-14-26-23(27)19(16-25)22-17-9-5-7-11-20(17)29-21-12-8-6-10-18(21)22/h5-12H,4,13-15H2,1-3H3,(H,26,27). The molecular weight excluding hydrogens is 380 g/mol. The van der Waals surface area contributed by atoms with Crippen molar-refractivity contribution >= 4 is 23.2 Å². The zero-order valence-electron chi connectivity index (χ0n) is 17.1. The number of rotatable bonds is 7. The van der Waals surface area contributed by atoms with E-state index in [1.807, 2.05) is 62.4 Å². The lowest BCUT2D eigenvalue weighted by molar-refractivity contribution is -0.117. The molecule has 4 nitrogen and oxygen atoms in total. The first kappa shape index (κ1) is 21.2. The van der Waals surface area contributed by atoms with Crippen LogP contribution in [0.4, 0.5) is 0 Å². The molecule has 5 heteroatoms. The van der Waals surface area contributed by atoms with Crippen molar-refractivity contribution in [2.75, 3.05) is 13.2 Å². The summed E-state index contributed by atoms with van der Waals surface area (Å²) in [5.74, 6) is -0.342. The summed E-state index contributed by atoms with van der Waals surface area (Å²) in [4.78, 5) is 15.1. The number of amides is 1. The van der Waals surface area contributed by atoms with E-state index in [4.69, 9.17) is 4.74 Å². The first-order chi connectivity index (χ1) is 14.0. The van der Waals surface area contributed by atoms with Crippen molar-refractivity contribution in [2.24, 2.45) is 0 Å². The molecule has 2 aromatic rings. The van der Waals surface area contributed by atoms with Gasteiger partial charge < -0.3 is 10.1 Å². The number of nitrogens with zero attached hydrogens (tertiary/aromatic N) is 1. The number of fused-ring (bicyclic) bond motifs is 2. The maximum absolute atomic E-state index is 13.0. The summed E-state index contributed by atoms with van der Waals surface area (Å²) in [5.41, 5.74) is 2.39. The second-order valence-electron chi connectivity index (χ2n) is 7.57. The van der Waals surface area contributed by atoms with E-state index in [0.29, 0.717) is 25.1 Å². The fourth-order valence-corrected chi connectivity index (χ4v) is 4.38. The number of benzene rings is 2. The number of nitriles is 1. The average Bonchev–Trinajstić information content (AvgIpc) is 2.72. The van der Waals surface area contributed by atoms with Crippen LogP contribution in [0, 0.1) is 11.3 Å². The average molecular weight is 407 g/mol. The van der Waals surface area contributed by atoms with E-state index in [0.717, 1.165) is 27.3 Å². The Morgan fingerprint density at radius 2 is 1.69 bits per heavy atom. The van der Waals surface area contributed by atoms with Gasteiger partial charge in [-0.05, 0) is 49.9 Å². The van der Waals surface area contributed by atoms with Crippen LogP contribution in [0.2, 0.25) is 0 Å². The fourth-order valence-electron chi connectivity index (χ4n) is 3.29. The predicted molar refractivity (Wildman–Crippen MR) is 117 cm³/mol. The van der Waals surface area contributed by atoms with Crippen LogP contribution in [0.3, 0.4) is 0 Å². The summed E-state index contributed by atoms with van der Waals surface area (Å²) in [5, 5.41) is 12.8. The van der Waals surface area contributed by atoms with Gasteiger partial charge in [0.25, 0.3) is 5.91 Å². The van der Waals surface area contributed by atoms with Crippen LogP contribution < -0.4 is 5.32 Å². The van der Waals surface area contributed by atoms with Crippen LogP contribution in [0.5, 0.6) is 0 Å². The van der Waals surface area contributed by atoms with Gasteiger partial charge in [0, 0.05) is 28.5 Å². The molecule has 0 atom stereocenters. The van der Waals surface area contributed by atoms with Crippen LogP contribution in [0.1, 0.15) is 44.7 Å². The maximum atomic E-state index is 13.0. The van der Waals surface area contributed by atoms with Crippen LogP contribution in [0.25, 0.3) is 5.57 Å². The van der Waals surface area contributed by atoms with Gasteiger partial charge in [-0.15, -0.1) is 0 Å². The third-order valence-corrected chi connectivity index (χ3v) is 5.98. The third kappa shape index (κ3) is 4.90. The smallest absolute Gasteiger partial charge is 0.262 e. The number of carbonyl (C=O) groups excluding carboxylic acids is 1. The molecule has 0 aromatic heterocycles. The van der Waals surface area contributed by atoms with Crippen LogP contribution in [-0.2, 0) is 9.53 Å². The van der Waals surface area contributed by atoms with Crippen LogP contribution >= 0.6 is 11.8 Å². The van der Waals surface area contributed by atoms with E-state index in [1.54, 1.807) is 11.8 Å². The van der Waals surface area contributed by atoms with Gasteiger partial charge in [-0.1, -0.05) is 55.1 Å². The Morgan fingerprint density at radius 3 is 2.24 bits per heavy atom. The van der Waals surface area contributed by atoms with Crippen LogP contribution in [-0.4, -0.2) is 24.7 Å². The van der Waals surface area contributed by atoms with E-state index in [9.17, 15) is 10.1 Å². The molecular formula is C24H26N2O2S. The van der Waals surface area contributed by atoms with Gasteiger partial charge in [0.05, 0.1) is 5.60 Å². The van der Waals surface area contributed by atoms with Gasteiger partial charge in [-0.2, -0.15) is 5.26 Å². The zero-order chi connectivity index (χ0) is 20.9. The molecule has 0 saturated carbocycles. The molecule has 1 aliphatic heterocycles. The molecule has 0 unspecified atom stereocenters. The quantitative estimate of drug-likeness (QED) is 0.433. The zero-order valence-corrected chi connectivity index (χ0v) is 17.9. The molecule has 0 bridgehead atoms. The van der Waals surface area contributed by atoms with Gasteiger partial charge in [-0.25, -0.2) is 0 Å². The van der Waals surface area contributed by atoms with E-state index < -0.39 is 0 Å². The topological polar surface area (TPSA) is 62.1 Å². The minimum Gasteiger partial charge on any atom is -0.376 e. The summed E-state index contributed by atoms with van der Waals surface area (Å²) in [6, 6.07) is 18.0. The Morgan fingerprint density at radius 1 is 1.10 bits per heavy atom. The highest BCUT2D eigenvalue weighted by Gasteiger charge is 2.27. The first-order valence-corrected chi connectivity index (χ1v) is 10.7. The summed E-state index contributed by atoms with van der Waals surface area (Å²) >= 11 is 1.66. The summed E-state index contributed by atoms with van der Waals surface area (Å²) in [6.07, 6.45) is 1.63. The molecule has 2 aromatic carbocycles. The Hall–Kier alpha value is -2.55. The Balaban J connectivity index is 1.88. The van der Waals surface area contributed by atoms with E-state index >= 15 is 0 Å². The second-order valence-corrected chi connectivity index (χ2v) is 8.65.